The van der Waals surface area contributed by atoms with Crippen molar-refractivity contribution in [1.82, 2.24) is 5.32 Å². The maximum atomic E-state index is 12.5. The Morgan fingerprint density at radius 1 is 1.27 bits per heavy atom. The van der Waals surface area contributed by atoms with Crippen LogP contribution in [0.2, 0.25) is 0 Å². The third kappa shape index (κ3) is 6.06. The van der Waals surface area contributed by atoms with E-state index in [1.54, 1.807) is 18.2 Å². The van der Waals surface area contributed by atoms with E-state index in [2.05, 4.69) is 10.6 Å². The molecular formula is C18H24ClF3N2OS. The van der Waals surface area contributed by atoms with Crippen molar-refractivity contribution in [3.8, 4) is 0 Å². The summed E-state index contributed by atoms with van der Waals surface area (Å²) in [6, 6.07) is 6.19. The van der Waals surface area contributed by atoms with Crippen LogP contribution in [0, 0.1) is 12.8 Å². The lowest BCUT2D eigenvalue weighted by Gasteiger charge is -2.28. The normalized spacial score (nSPS) is 24.8. The Bertz CT molecular complexity index is 629. The number of thioether (sulfide) groups is 1. The second-order valence-corrected chi connectivity index (χ2v) is 8.15. The van der Waals surface area contributed by atoms with Crippen LogP contribution in [0.1, 0.15) is 37.7 Å². The van der Waals surface area contributed by atoms with Crippen molar-refractivity contribution in [2.75, 3.05) is 11.1 Å². The fraction of sp³-hybridized carbons (Fsp3) is 0.611. The minimum Gasteiger partial charge on any atom is -0.325 e. The smallest absolute Gasteiger partial charge is 0.325 e. The van der Waals surface area contributed by atoms with Gasteiger partial charge in [-0.05, 0) is 56.2 Å². The van der Waals surface area contributed by atoms with E-state index in [9.17, 15) is 18.0 Å². The van der Waals surface area contributed by atoms with Gasteiger partial charge in [-0.25, -0.2) is 0 Å². The van der Waals surface area contributed by atoms with Gasteiger partial charge in [0.25, 0.3) is 0 Å². The predicted octanol–water partition coefficient (Wildman–Crippen LogP) is 4.93. The summed E-state index contributed by atoms with van der Waals surface area (Å²) in [5.41, 5.74) is 1.39. The number of hydrogen-bond acceptors (Lipinski definition) is 3. The molecule has 2 saturated heterocycles. The molecule has 2 bridgehead atoms. The van der Waals surface area contributed by atoms with Crippen LogP contribution in [0.5, 0.6) is 0 Å². The number of carbonyl (C=O) groups excluding carboxylic acids is 1. The maximum absolute atomic E-state index is 12.5. The highest BCUT2D eigenvalue weighted by Crippen LogP contribution is 2.35. The molecule has 2 atom stereocenters. The number of carbonyl (C=O) groups is 1. The number of aryl methyl sites for hydroxylation is 1. The molecule has 2 aliphatic heterocycles. The largest absolute Gasteiger partial charge is 0.398 e. The third-order valence-electron chi connectivity index (χ3n) is 4.85. The molecule has 0 aromatic heterocycles. The van der Waals surface area contributed by atoms with Crippen LogP contribution >= 0.6 is 24.2 Å². The van der Waals surface area contributed by atoms with Gasteiger partial charge in [0.05, 0.1) is 11.4 Å². The van der Waals surface area contributed by atoms with E-state index in [1.807, 2.05) is 6.92 Å². The molecule has 26 heavy (non-hydrogen) atoms. The summed E-state index contributed by atoms with van der Waals surface area (Å²) in [4.78, 5) is 12.9. The summed E-state index contributed by atoms with van der Waals surface area (Å²) in [6.45, 7) is 1.86. The van der Waals surface area contributed by atoms with Crippen LogP contribution < -0.4 is 10.6 Å². The third-order valence-corrected chi connectivity index (χ3v) is 5.98. The number of hydrogen-bond donors (Lipinski definition) is 2. The van der Waals surface area contributed by atoms with Crippen LogP contribution in [-0.4, -0.2) is 29.9 Å². The predicted molar refractivity (Wildman–Crippen MR) is 101 cm³/mol. The first-order valence-electron chi connectivity index (χ1n) is 8.64. The summed E-state index contributed by atoms with van der Waals surface area (Å²) >= 11 is 0.712. The topological polar surface area (TPSA) is 41.1 Å². The number of nitrogens with one attached hydrogen (secondary N) is 2. The summed E-state index contributed by atoms with van der Waals surface area (Å²) in [5.74, 6) is -0.711. The molecule has 2 N–H and O–H groups in total. The van der Waals surface area contributed by atoms with Crippen molar-refractivity contribution in [3.63, 3.8) is 0 Å². The Balaban J connectivity index is 0.00000243. The molecule has 1 amide bonds. The van der Waals surface area contributed by atoms with Gasteiger partial charge in [-0.1, -0.05) is 6.07 Å². The second kappa shape index (κ2) is 8.85. The molecule has 2 heterocycles. The fourth-order valence-corrected chi connectivity index (χ4v) is 4.58. The Kier molecular flexibility index (Phi) is 7.27. The van der Waals surface area contributed by atoms with Crippen molar-refractivity contribution in [2.45, 2.75) is 62.2 Å². The number of benzene rings is 1. The van der Waals surface area contributed by atoms with Gasteiger partial charge in [-0.2, -0.15) is 13.2 Å². The average molecular weight is 409 g/mol. The Hall–Kier alpha value is -0.920. The molecule has 2 fully saturated rings. The Morgan fingerprint density at radius 2 is 1.92 bits per heavy atom. The van der Waals surface area contributed by atoms with Gasteiger partial charge in [0.15, 0.2) is 0 Å². The van der Waals surface area contributed by atoms with Gasteiger partial charge in [0, 0.05) is 23.4 Å². The van der Waals surface area contributed by atoms with Gasteiger partial charge in [-0.15, -0.1) is 24.2 Å². The molecule has 3 rings (SSSR count). The van der Waals surface area contributed by atoms with Crippen LogP contribution in [0.4, 0.5) is 18.9 Å². The molecule has 2 unspecified atom stereocenters. The molecular weight excluding hydrogens is 385 g/mol. The van der Waals surface area contributed by atoms with Crippen molar-refractivity contribution in [3.05, 3.63) is 23.8 Å². The minimum atomic E-state index is -4.23. The van der Waals surface area contributed by atoms with Gasteiger partial charge >= 0.3 is 6.18 Å². The van der Waals surface area contributed by atoms with Crippen molar-refractivity contribution < 1.29 is 18.0 Å². The minimum absolute atomic E-state index is 0. The lowest BCUT2D eigenvalue weighted by Crippen LogP contribution is -2.39. The molecule has 0 spiro atoms. The second-order valence-electron chi connectivity index (χ2n) is 7.13. The lowest BCUT2D eigenvalue weighted by molar-refractivity contribution is -0.117. The van der Waals surface area contributed by atoms with Gasteiger partial charge in [0.1, 0.15) is 0 Å². The lowest BCUT2D eigenvalue weighted by atomic mass is 9.89. The zero-order valence-electron chi connectivity index (χ0n) is 14.6. The van der Waals surface area contributed by atoms with Crippen LogP contribution in [0.3, 0.4) is 0 Å². The molecule has 0 aliphatic carbocycles. The Labute approximate surface area is 162 Å². The first-order chi connectivity index (χ1) is 11.8. The van der Waals surface area contributed by atoms with Crippen LogP contribution in [0.25, 0.3) is 0 Å². The highest BCUT2D eigenvalue weighted by Gasteiger charge is 2.34. The standard InChI is InChI=1S/C18H23F3N2OS.ClH/c1-11-2-5-16(25-10-18(19,20)21)15(6-11)23-17(24)9-12-7-13-3-4-14(8-12)22-13;/h2,5-6,12-14,22H,3-4,7-10H2,1H3,(H,23,24);1H. The van der Waals surface area contributed by atoms with Crippen molar-refractivity contribution in [1.29, 1.82) is 0 Å². The molecule has 8 heteroatoms. The summed E-state index contributed by atoms with van der Waals surface area (Å²) in [7, 11) is 0. The number of anilines is 1. The van der Waals surface area contributed by atoms with Gasteiger partial charge in [0.2, 0.25) is 5.91 Å². The van der Waals surface area contributed by atoms with E-state index < -0.39 is 11.9 Å². The number of piperidine rings is 1. The molecule has 2 aliphatic rings. The van der Waals surface area contributed by atoms with Crippen LogP contribution in [-0.2, 0) is 4.79 Å². The molecule has 146 valence electrons. The molecule has 0 saturated carbocycles. The molecule has 1 aromatic rings. The number of amides is 1. The first-order valence-corrected chi connectivity index (χ1v) is 9.63. The van der Waals surface area contributed by atoms with E-state index in [0.717, 1.165) is 18.4 Å². The van der Waals surface area contributed by atoms with Crippen molar-refractivity contribution >= 4 is 35.8 Å². The molecule has 0 radical (unpaired) electrons. The fourth-order valence-electron chi connectivity index (χ4n) is 3.83. The van der Waals surface area contributed by atoms with Crippen molar-refractivity contribution in [2.24, 2.45) is 5.92 Å². The van der Waals surface area contributed by atoms with E-state index >= 15 is 0 Å². The number of alkyl halides is 3. The maximum Gasteiger partial charge on any atom is 0.398 e. The SMILES string of the molecule is Cc1ccc(SCC(F)(F)F)c(NC(=O)CC2CC3CCC(C2)N3)c1.Cl. The summed E-state index contributed by atoms with van der Waals surface area (Å²) < 4.78 is 37.5. The highest BCUT2D eigenvalue weighted by molar-refractivity contribution is 7.99. The summed E-state index contributed by atoms with van der Waals surface area (Å²) in [5, 5.41) is 6.39. The average Bonchev–Trinajstić information content (AvgIpc) is 2.84. The number of rotatable bonds is 5. The van der Waals surface area contributed by atoms with Crippen LogP contribution in [0.15, 0.2) is 23.1 Å². The zero-order valence-corrected chi connectivity index (χ0v) is 16.2. The molecule has 3 nitrogen and oxygen atoms in total. The van der Waals surface area contributed by atoms with E-state index in [1.165, 1.54) is 12.8 Å². The van der Waals surface area contributed by atoms with E-state index in [-0.39, 0.29) is 18.3 Å². The van der Waals surface area contributed by atoms with E-state index in [4.69, 9.17) is 0 Å². The number of halogens is 4. The molecule has 1 aromatic carbocycles. The monoisotopic (exact) mass is 408 g/mol. The first kappa shape index (κ1) is 21.4. The van der Waals surface area contributed by atoms with Gasteiger partial charge in [-0.3, -0.25) is 4.79 Å². The summed E-state index contributed by atoms with van der Waals surface area (Å²) in [6.07, 6.45) is 0.579. The van der Waals surface area contributed by atoms with Gasteiger partial charge < -0.3 is 10.6 Å². The quantitative estimate of drug-likeness (QED) is 0.679. The number of fused-ring (bicyclic) bond motifs is 2. The van der Waals surface area contributed by atoms with E-state index in [0.29, 0.717) is 46.8 Å². The Morgan fingerprint density at radius 3 is 2.54 bits per heavy atom. The zero-order chi connectivity index (χ0) is 18.0. The highest BCUT2D eigenvalue weighted by atomic mass is 35.5.